The van der Waals surface area contributed by atoms with Crippen molar-refractivity contribution in [2.24, 2.45) is 5.41 Å². The lowest BCUT2D eigenvalue weighted by Gasteiger charge is -2.49. The van der Waals surface area contributed by atoms with E-state index in [1.54, 1.807) is 21.2 Å². The number of likely N-dealkylation sites (tertiary alicyclic amines) is 2. The van der Waals surface area contributed by atoms with Crippen LogP contribution in [0, 0.1) is 5.41 Å². The minimum atomic E-state index is -5.08. The fourth-order valence-corrected chi connectivity index (χ4v) is 5.10. The number of carboxylic acids is 1. The number of hydrogen-bond donors (Lipinski definition) is 1. The summed E-state index contributed by atoms with van der Waals surface area (Å²) in [5, 5.41) is 8.80. The highest BCUT2D eigenvalue weighted by atomic mass is 32.1. The van der Waals surface area contributed by atoms with Crippen LogP contribution >= 0.6 is 11.3 Å². The Hall–Kier alpha value is -2.28. The molecule has 1 amide bonds. The van der Waals surface area contributed by atoms with E-state index >= 15 is 0 Å². The van der Waals surface area contributed by atoms with Crippen LogP contribution in [0.3, 0.4) is 0 Å². The van der Waals surface area contributed by atoms with Crippen LogP contribution in [0.4, 0.5) is 22.0 Å². The van der Waals surface area contributed by atoms with Crippen molar-refractivity contribution in [3.8, 4) is 0 Å². The molecule has 3 rings (SSSR count). The molecule has 0 aliphatic carbocycles. The largest absolute Gasteiger partial charge is 0.490 e. The molecular formula is C20H25F5N2O5S. The van der Waals surface area contributed by atoms with Gasteiger partial charge in [0.2, 0.25) is 5.91 Å². The molecule has 0 saturated carbocycles. The fourth-order valence-electron chi connectivity index (χ4n) is 4.20. The van der Waals surface area contributed by atoms with Crippen molar-refractivity contribution in [1.29, 1.82) is 0 Å². The van der Waals surface area contributed by atoms with Crippen molar-refractivity contribution in [2.75, 3.05) is 33.3 Å². The van der Waals surface area contributed by atoms with Crippen molar-refractivity contribution in [1.82, 2.24) is 9.80 Å². The van der Waals surface area contributed by atoms with E-state index in [0.29, 0.717) is 38.2 Å². The number of thiophene rings is 1. The average Bonchev–Trinajstić information content (AvgIpc) is 3.16. The van der Waals surface area contributed by atoms with E-state index in [4.69, 9.17) is 9.90 Å². The zero-order valence-corrected chi connectivity index (χ0v) is 18.9. The molecule has 1 aromatic heterocycles. The second kappa shape index (κ2) is 10.3. The number of rotatable bonds is 4. The van der Waals surface area contributed by atoms with E-state index in [-0.39, 0.29) is 18.9 Å². The Balaban J connectivity index is 0.000000479. The van der Waals surface area contributed by atoms with Crippen LogP contribution in [0.15, 0.2) is 11.4 Å². The Bertz CT molecular complexity index is 875. The SMILES string of the molecule is CCN1CCCC2(CN(Cc3cc(C(=O)OC)cs3)CC(F)(F)C2)C1=O.O=C(O)C(F)(F)F. The van der Waals surface area contributed by atoms with Crippen LogP contribution in [-0.4, -0.2) is 78.1 Å². The van der Waals surface area contributed by atoms with Gasteiger partial charge in [0.05, 0.1) is 24.6 Å². The molecule has 1 atom stereocenters. The molecule has 1 N–H and O–H groups in total. The minimum Gasteiger partial charge on any atom is -0.475 e. The number of methoxy groups -OCH3 is 1. The highest BCUT2D eigenvalue weighted by molar-refractivity contribution is 7.10. The molecule has 0 radical (unpaired) electrons. The maximum Gasteiger partial charge on any atom is 0.490 e. The molecule has 33 heavy (non-hydrogen) atoms. The van der Waals surface area contributed by atoms with E-state index in [1.807, 2.05) is 6.92 Å². The third-order valence-corrected chi connectivity index (χ3v) is 6.40. The summed E-state index contributed by atoms with van der Waals surface area (Å²) in [4.78, 5) is 37.5. The van der Waals surface area contributed by atoms with Gasteiger partial charge in [-0.15, -0.1) is 11.3 Å². The number of halogens is 5. The number of esters is 1. The normalized spacial score (nSPS) is 23.1. The minimum absolute atomic E-state index is 0.142. The lowest BCUT2D eigenvalue weighted by atomic mass is 9.71. The molecule has 0 bridgehead atoms. The number of piperidine rings is 2. The summed E-state index contributed by atoms with van der Waals surface area (Å²) in [7, 11) is 1.31. The van der Waals surface area contributed by atoms with Crippen molar-refractivity contribution in [3.63, 3.8) is 0 Å². The summed E-state index contributed by atoms with van der Waals surface area (Å²) >= 11 is 1.35. The zero-order chi connectivity index (χ0) is 25.0. The topological polar surface area (TPSA) is 87.2 Å². The van der Waals surface area contributed by atoms with Crippen LogP contribution in [0.2, 0.25) is 0 Å². The zero-order valence-electron chi connectivity index (χ0n) is 18.1. The molecular weight excluding hydrogens is 475 g/mol. The molecule has 2 aliphatic rings. The van der Waals surface area contributed by atoms with Crippen LogP contribution in [0.5, 0.6) is 0 Å². The van der Waals surface area contributed by atoms with Gasteiger partial charge in [0, 0.05) is 42.9 Å². The smallest absolute Gasteiger partial charge is 0.475 e. The quantitative estimate of drug-likeness (QED) is 0.502. The third kappa shape index (κ3) is 6.85. The highest BCUT2D eigenvalue weighted by Gasteiger charge is 2.54. The van der Waals surface area contributed by atoms with Crippen molar-refractivity contribution in [2.45, 2.75) is 44.8 Å². The van der Waals surface area contributed by atoms with Crippen LogP contribution < -0.4 is 0 Å². The second-order valence-corrected chi connectivity index (χ2v) is 9.04. The number of alkyl halides is 5. The van der Waals surface area contributed by atoms with Gasteiger partial charge in [0.25, 0.3) is 5.92 Å². The van der Waals surface area contributed by atoms with Gasteiger partial charge < -0.3 is 14.7 Å². The van der Waals surface area contributed by atoms with E-state index in [9.17, 15) is 31.5 Å². The number of carboxylic acid groups (broad SMARTS) is 1. The van der Waals surface area contributed by atoms with Gasteiger partial charge in [0.15, 0.2) is 0 Å². The summed E-state index contributed by atoms with van der Waals surface area (Å²) in [5.74, 6) is -6.23. The Morgan fingerprint density at radius 3 is 2.45 bits per heavy atom. The lowest BCUT2D eigenvalue weighted by Crippen LogP contribution is -2.60. The first-order chi connectivity index (χ1) is 15.2. The Morgan fingerprint density at radius 1 is 1.27 bits per heavy atom. The molecule has 0 aromatic carbocycles. The van der Waals surface area contributed by atoms with Crippen LogP contribution in [0.25, 0.3) is 0 Å². The molecule has 186 valence electrons. The Kier molecular flexibility index (Phi) is 8.44. The fraction of sp³-hybridized carbons (Fsp3) is 0.650. The first-order valence-corrected chi connectivity index (χ1v) is 11.0. The predicted molar refractivity (Wildman–Crippen MR) is 108 cm³/mol. The Morgan fingerprint density at radius 2 is 1.91 bits per heavy atom. The van der Waals surface area contributed by atoms with Gasteiger partial charge in [-0.05, 0) is 25.8 Å². The number of hydrogen-bond acceptors (Lipinski definition) is 6. The van der Waals surface area contributed by atoms with Gasteiger partial charge in [-0.3, -0.25) is 9.69 Å². The van der Waals surface area contributed by atoms with Gasteiger partial charge in [-0.1, -0.05) is 0 Å². The molecule has 1 aromatic rings. The number of carbonyl (C=O) groups is 3. The number of amides is 1. The third-order valence-electron chi connectivity index (χ3n) is 5.48. The summed E-state index contributed by atoms with van der Waals surface area (Å²) < 4.78 is 65.4. The molecule has 1 spiro atoms. The molecule has 13 heteroatoms. The van der Waals surface area contributed by atoms with Crippen molar-refractivity contribution < 1.29 is 46.2 Å². The molecule has 2 fully saturated rings. The van der Waals surface area contributed by atoms with E-state index in [1.165, 1.54) is 18.4 Å². The van der Waals surface area contributed by atoms with Gasteiger partial charge in [-0.2, -0.15) is 13.2 Å². The first-order valence-electron chi connectivity index (χ1n) is 10.1. The summed E-state index contributed by atoms with van der Waals surface area (Å²) in [6, 6.07) is 1.68. The maximum absolute atomic E-state index is 14.5. The monoisotopic (exact) mass is 500 g/mol. The standard InChI is InChI=1S/C18H24F2N2O3S.C2HF3O2/c1-3-22-6-4-5-17(16(22)24)10-18(19,20)12-21(11-17)8-14-7-13(9-26-14)15(23)25-2;3-2(4,5)1(6)7/h7,9H,3-6,8,10-12H2,1-2H3;(H,6,7). The van der Waals surface area contributed by atoms with Crippen molar-refractivity contribution >= 4 is 29.2 Å². The summed E-state index contributed by atoms with van der Waals surface area (Å²) in [5.41, 5.74) is -0.574. The average molecular weight is 500 g/mol. The second-order valence-electron chi connectivity index (χ2n) is 8.04. The molecule has 3 heterocycles. The lowest BCUT2D eigenvalue weighted by molar-refractivity contribution is -0.192. The van der Waals surface area contributed by atoms with Gasteiger partial charge in [0.1, 0.15) is 0 Å². The van der Waals surface area contributed by atoms with Crippen LogP contribution in [-0.2, 0) is 20.9 Å². The number of aliphatic carboxylic acids is 1. The van der Waals surface area contributed by atoms with Gasteiger partial charge in [-0.25, -0.2) is 18.4 Å². The number of ether oxygens (including phenoxy) is 1. The van der Waals surface area contributed by atoms with E-state index in [2.05, 4.69) is 4.74 Å². The molecule has 2 saturated heterocycles. The number of carbonyl (C=O) groups excluding carboxylic acids is 2. The summed E-state index contributed by atoms with van der Waals surface area (Å²) in [6.45, 7) is 3.37. The Labute approximate surface area is 191 Å². The van der Waals surface area contributed by atoms with Crippen LogP contribution in [0.1, 0.15) is 41.4 Å². The molecule has 7 nitrogen and oxygen atoms in total. The van der Waals surface area contributed by atoms with Crippen molar-refractivity contribution in [3.05, 3.63) is 21.9 Å². The van der Waals surface area contributed by atoms with E-state index in [0.717, 1.165) is 11.3 Å². The van der Waals surface area contributed by atoms with Gasteiger partial charge >= 0.3 is 18.1 Å². The summed E-state index contributed by atoms with van der Waals surface area (Å²) in [6.07, 6.45) is -4.19. The molecule has 2 aliphatic heterocycles. The first kappa shape index (κ1) is 27.0. The number of nitrogens with zero attached hydrogens (tertiary/aromatic N) is 2. The predicted octanol–water partition coefficient (Wildman–Crippen LogP) is 3.64. The highest BCUT2D eigenvalue weighted by Crippen LogP contribution is 2.45. The van der Waals surface area contributed by atoms with E-state index < -0.39 is 29.5 Å². The maximum atomic E-state index is 14.5. The molecule has 1 unspecified atom stereocenters.